The Morgan fingerprint density at radius 1 is 1.09 bits per heavy atom. The zero-order chi connectivity index (χ0) is 16.0. The average Bonchev–Trinajstić information content (AvgIpc) is 3.22. The van der Waals surface area contributed by atoms with E-state index in [-0.39, 0.29) is 11.8 Å². The van der Waals surface area contributed by atoms with Gasteiger partial charge < -0.3 is 10.2 Å². The number of benzene rings is 1. The molecule has 2 aliphatic carbocycles. The monoisotopic (exact) mass is 352 g/mol. The standard InChI is InChI=1S/C18H22Cl2N2O/c19-14-7-15(20)9-16(8-14)22-4-3-13(10-22)18(23)21-17-6-11-1-2-12(17)5-11/h7-9,11-13,17H,1-6,10H2,(H,21,23)/t11-,12+,13+,17-/m1/s1. The number of fused-ring (bicyclic) bond motifs is 2. The van der Waals surface area contributed by atoms with Gasteiger partial charge in [0.05, 0.1) is 5.92 Å². The van der Waals surface area contributed by atoms with Gasteiger partial charge in [-0.2, -0.15) is 0 Å². The summed E-state index contributed by atoms with van der Waals surface area (Å²) in [5.41, 5.74) is 1.01. The molecule has 3 aliphatic rings. The number of hydrogen-bond donors (Lipinski definition) is 1. The van der Waals surface area contributed by atoms with Crippen LogP contribution >= 0.6 is 23.2 Å². The Hall–Kier alpha value is -0.930. The molecule has 1 aromatic carbocycles. The van der Waals surface area contributed by atoms with Crippen molar-refractivity contribution in [1.82, 2.24) is 5.32 Å². The molecule has 23 heavy (non-hydrogen) atoms. The van der Waals surface area contributed by atoms with E-state index in [1.165, 1.54) is 25.7 Å². The third-order valence-corrected chi connectivity index (χ3v) is 6.27. The first-order chi connectivity index (χ1) is 11.1. The number of carbonyl (C=O) groups excluding carboxylic acids is 1. The second kappa shape index (κ2) is 6.18. The molecule has 2 bridgehead atoms. The van der Waals surface area contributed by atoms with Gasteiger partial charge in [0, 0.05) is 34.9 Å². The van der Waals surface area contributed by atoms with Crippen LogP contribution in [-0.2, 0) is 4.79 Å². The van der Waals surface area contributed by atoms with E-state index in [2.05, 4.69) is 10.2 Å². The molecule has 1 aromatic rings. The van der Waals surface area contributed by atoms with Gasteiger partial charge in [-0.25, -0.2) is 0 Å². The topological polar surface area (TPSA) is 32.3 Å². The van der Waals surface area contributed by atoms with E-state index >= 15 is 0 Å². The van der Waals surface area contributed by atoms with Crippen LogP contribution in [0, 0.1) is 17.8 Å². The summed E-state index contributed by atoms with van der Waals surface area (Å²) in [5.74, 6) is 1.90. The lowest BCUT2D eigenvalue weighted by Crippen LogP contribution is -2.42. The number of carbonyl (C=O) groups is 1. The SMILES string of the molecule is O=C(N[C@@H]1C[C@@H]2CC[C@H]1C2)[C@H]1CCN(c2cc(Cl)cc(Cl)c2)C1. The molecule has 4 atom stereocenters. The molecular weight excluding hydrogens is 331 g/mol. The molecule has 0 aromatic heterocycles. The quantitative estimate of drug-likeness (QED) is 0.886. The second-order valence-corrected chi connectivity index (χ2v) is 8.22. The second-order valence-electron chi connectivity index (χ2n) is 7.35. The highest BCUT2D eigenvalue weighted by Crippen LogP contribution is 2.44. The van der Waals surface area contributed by atoms with Crippen molar-refractivity contribution in [3.05, 3.63) is 28.2 Å². The zero-order valence-electron chi connectivity index (χ0n) is 13.1. The van der Waals surface area contributed by atoms with Gasteiger partial charge in [-0.3, -0.25) is 4.79 Å². The molecule has 1 amide bonds. The first kappa shape index (κ1) is 15.6. The smallest absolute Gasteiger partial charge is 0.225 e. The van der Waals surface area contributed by atoms with E-state index in [0.717, 1.165) is 37.0 Å². The van der Waals surface area contributed by atoms with Gasteiger partial charge in [-0.05, 0) is 55.7 Å². The first-order valence-electron chi connectivity index (χ1n) is 8.60. The Morgan fingerprint density at radius 3 is 2.52 bits per heavy atom. The Morgan fingerprint density at radius 2 is 1.87 bits per heavy atom. The number of anilines is 1. The van der Waals surface area contributed by atoms with Crippen molar-refractivity contribution in [1.29, 1.82) is 0 Å². The van der Waals surface area contributed by atoms with Crippen molar-refractivity contribution in [3.8, 4) is 0 Å². The van der Waals surface area contributed by atoms with E-state index in [0.29, 0.717) is 16.1 Å². The van der Waals surface area contributed by atoms with Gasteiger partial charge >= 0.3 is 0 Å². The van der Waals surface area contributed by atoms with Crippen LogP contribution in [0.3, 0.4) is 0 Å². The molecule has 3 fully saturated rings. The fourth-order valence-electron chi connectivity index (χ4n) is 4.65. The normalized spacial score (nSPS) is 32.5. The minimum Gasteiger partial charge on any atom is -0.371 e. The highest BCUT2D eigenvalue weighted by Gasteiger charge is 2.41. The largest absolute Gasteiger partial charge is 0.371 e. The summed E-state index contributed by atoms with van der Waals surface area (Å²) >= 11 is 12.2. The lowest BCUT2D eigenvalue weighted by molar-refractivity contribution is -0.125. The lowest BCUT2D eigenvalue weighted by Gasteiger charge is -2.25. The summed E-state index contributed by atoms with van der Waals surface area (Å²) in [6, 6.07) is 6.01. The van der Waals surface area contributed by atoms with Crippen LogP contribution in [0.4, 0.5) is 5.69 Å². The van der Waals surface area contributed by atoms with Crippen molar-refractivity contribution in [2.75, 3.05) is 18.0 Å². The maximum atomic E-state index is 12.6. The van der Waals surface area contributed by atoms with Crippen LogP contribution in [0.15, 0.2) is 18.2 Å². The Labute approximate surface area is 147 Å². The number of rotatable bonds is 3. The molecule has 2 saturated carbocycles. The average molecular weight is 353 g/mol. The van der Waals surface area contributed by atoms with Crippen molar-refractivity contribution < 1.29 is 4.79 Å². The van der Waals surface area contributed by atoms with Gasteiger partial charge in [-0.15, -0.1) is 0 Å². The predicted molar refractivity (Wildman–Crippen MR) is 94.2 cm³/mol. The van der Waals surface area contributed by atoms with E-state index in [1.807, 2.05) is 12.1 Å². The van der Waals surface area contributed by atoms with Crippen LogP contribution in [-0.4, -0.2) is 25.0 Å². The third-order valence-electron chi connectivity index (χ3n) is 5.84. The summed E-state index contributed by atoms with van der Waals surface area (Å²) in [6.45, 7) is 1.63. The zero-order valence-corrected chi connectivity index (χ0v) is 14.6. The highest BCUT2D eigenvalue weighted by molar-refractivity contribution is 6.35. The van der Waals surface area contributed by atoms with Gasteiger partial charge in [0.15, 0.2) is 0 Å². The van der Waals surface area contributed by atoms with Crippen LogP contribution < -0.4 is 10.2 Å². The molecule has 1 heterocycles. The fraction of sp³-hybridized carbons (Fsp3) is 0.611. The lowest BCUT2D eigenvalue weighted by atomic mass is 9.94. The van der Waals surface area contributed by atoms with E-state index in [1.54, 1.807) is 6.07 Å². The number of amides is 1. The Kier molecular flexibility index (Phi) is 4.19. The fourth-order valence-corrected chi connectivity index (χ4v) is 5.17. The van der Waals surface area contributed by atoms with Crippen molar-refractivity contribution in [2.45, 2.75) is 38.1 Å². The molecule has 0 spiro atoms. The third kappa shape index (κ3) is 3.18. The summed E-state index contributed by atoms with van der Waals surface area (Å²) < 4.78 is 0. The van der Waals surface area contributed by atoms with Crippen LogP contribution in [0.2, 0.25) is 10.0 Å². The minimum absolute atomic E-state index is 0.0758. The van der Waals surface area contributed by atoms with Crippen LogP contribution in [0.1, 0.15) is 32.1 Å². The van der Waals surface area contributed by atoms with Crippen molar-refractivity contribution in [2.24, 2.45) is 17.8 Å². The molecule has 0 radical (unpaired) electrons. The van der Waals surface area contributed by atoms with E-state index in [9.17, 15) is 4.79 Å². The van der Waals surface area contributed by atoms with Gasteiger partial charge in [0.1, 0.15) is 0 Å². The summed E-state index contributed by atoms with van der Waals surface area (Å²) in [4.78, 5) is 14.8. The molecular formula is C18H22Cl2N2O. The Balaban J connectivity index is 1.37. The molecule has 5 heteroatoms. The first-order valence-corrected chi connectivity index (χ1v) is 9.35. The summed E-state index contributed by atoms with van der Waals surface area (Å²) in [5, 5.41) is 4.61. The van der Waals surface area contributed by atoms with Gasteiger partial charge in [0.25, 0.3) is 0 Å². The molecule has 1 saturated heterocycles. The van der Waals surface area contributed by atoms with Crippen LogP contribution in [0.25, 0.3) is 0 Å². The highest BCUT2D eigenvalue weighted by atomic mass is 35.5. The van der Waals surface area contributed by atoms with E-state index in [4.69, 9.17) is 23.2 Å². The number of halogens is 2. The minimum atomic E-state index is 0.0758. The summed E-state index contributed by atoms with van der Waals surface area (Å²) in [6.07, 6.45) is 6.08. The molecule has 0 unspecified atom stereocenters. The number of hydrogen-bond acceptors (Lipinski definition) is 2. The Bertz CT molecular complexity index is 601. The molecule has 1 aliphatic heterocycles. The maximum Gasteiger partial charge on any atom is 0.225 e. The van der Waals surface area contributed by atoms with Crippen molar-refractivity contribution >= 4 is 34.8 Å². The molecule has 124 valence electrons. The molecule has 1 N–H and O–H groups in total. The predicted octanol–water partition coefficient (Wildman–Crippen LogP) is 4.12. The number of nitrogens with one attached hydrogen (secondary N) is 1. The summed E-state index contributed by atoms with van der Waals surface area (Å²) in [7, 11) is 0. The van der Waals surface area contributed by atoms with Crippen molar-refractivity contribution in [3.63, 3.8) is 0 Å². The maximum absolute atomic E-state index is 12.6. The molecule has 4 rings (SSSR count). The number of nitrogens with zero attached hydrogens (tertiary/aromatic N) is 1. The van der Waals surface area contributed by atoms with Gasteiger partial charge in [-0.1, -0.05) is 29.6 Å². The van der Waals surface area contributed by atoms with Crippen LogP contribution in [0.5, 0.6) is 0 Å². The van der Waals surface area contributed by atoms with E-state index < -0.39 is 0 Å². The molecule has 3 nitrogen and oxygen atoms in total. The van der Waals surface area contributed by atoms with Gasteiger partial charge in [0.2, 0.25) is 5.91 Å².